The minimum absolute atomic E-state index is 0.00580. The summed E-state index contributed by atoms with van der Waals surface area (Å²) in [4.78, 5) is 28.9. The maximum atomic E-state index is 14.0. The number of halogens is 1. The number of anilines is 1. The molecular formula is C29H34FN3O5S2. The largest absolute Gasteiger partial charge is 0.492 e. The van der Waals surface area contributed by atoms with Gasteiger partial charge in [0, 0.05) is 18.0 Å². The molecule has 1 atom stereocenters. The number of sulfonamides is 1. The third-order valence-corrected chi connectivity index (χ3v) is 8.66. The molecule has 8 nitrogen and oxygen atoms in total. The van der Waals surface area contributed by atoms with Crippen molar-refractivity contribution in [3.05, 3.63) is 84.2 Å². The molecule has 0 unspecified atom stereocenters. The van der Waals surface area contributed by atoms with Gasteiger partial charge in [-0.15, -0.1) is 11.8 Å². The number of hydrogen-bond acceptors (Lipinski definition) is 6. The Hall–Kier alpha value is -3.57. The Kier molecular flexibility index (Phi) is 11.0. The lowest BCUT2D eigenvalue weighted by molar-refractivity contribution is -0.139. The molecule has 2 amide bonds. The third kappa shape index (κ3) is 7.54. The molecule has 1 N–H and O–H groups in total. The van der Waals surface area contributed by atoms with Crippen LogP contribution in [0.3, 0.4) is 0 Å². The van der Waals surface area contributed by atoms with E-state index >= 15 is 0 Å². The van der Waals surface area contributed by atoms with Crippen molar-refractivity contribution in [1.29, 1.82) is 0 Å². The number of likely N-dealkylation sites (N-methyl/N-ethyl adjacent to an activating group) is 1. The monoisotopic (exact) mass is 587 g/mol. The Labute approximate surface area is 239 Å². The van der Waals surface area contributed by atoms with Crippen LogP contribution in [-0.4, -0.2) is 57.1 Å². The zero-order chi connectivity index (χ0) is 29.3. The van der Waals surface area contributed by atoms with Crippen LogP contribution in [0.25, 0.3) is 0 Å². The molecule has 0 aliphatic carbocycles. The van der Waals surface area contributed by atoms with Crippen molar-refractivity contribution in [1.82, 2.24) is 10.2 Å². The summed E-state index contributed by atoms with van der Waals surface area (Å²) in [6, 6.07) is 17.6. The molecule has 11 heteroatoms. The number of benzene rings is 3. The van der Waals surface area contributed by atoms with Crippen molar-refractivity contribution in [2.45, 2.75) is 43.1 Å². The van der Waals surface area contributed by atoms with E-state index in [2.05, 4.69) is 5.32 Å². The molecule has 0 bridgehead atoms. The van der Waals surface area contributed by atoms with E-state index in [-0.39, 0.29) is 23.7 Å². The maximum Gasteiger partial charge on any atom is 0.264 e. The molecule has 0 spiro atoms. The number of para-hydroxylation sites is 2. The highest BCUT2D eigenvalue weighted by molar-refractivity contribution is 7.98. The summed E-state index contributed by atoms with van der Waals surface area (Å²) in [5.41, 5.74) is 0.779. The van der Waals surface area contributed by atoms with Gasteiger partial charge in [-0.2, -0.15) is 0 Å². The molecule has 0 aliphatic rings. The van der Waals surface area contributed by atoms with Gasteiger partial charge >= 0.3 is 0 Å². The van der Waals surface area contributed by atoms with Gasteiger partial charge in [0.1, 0.15) is 24.2 Å². The fourth-order valence-corrected chi connectivity index (χ4v) is 5.85. The Balaban J connectivity index is 2.08. The molecule has 0 aromatic heterocycles. The van der Waals surface area contributed by atoms with Crippen molar-refractivity contribution in [3.63, 3.8) is 0 Å². The van der Waals surface area contributed by atoms with Crippen molar-refractivity contribution in [2.24, 2.45) is 0 Å². The zero-order valence-corrected chi connectivity index (χ0v) is 24.6. The van der Waals surface area contributed by atoms with Gasteiger partial charge in [-0.05, 0) is 81.1 Å². The van der Waals surface area contributed by atoms with E-state index in [0.29, 0.717) is 17.9 Å². The van der Waals surface area contributed by atoms with Gasteiger partial charge < -0.3 is 15.0 Å². The molecular weight excluding hydrogens is 553 g/mol. The third-order valence-electron chi connectivity index (χ3n) is 6.14. The summed E-state index contributed by atoms with van der Waals surface area (Å²) >= 11 is 1.48. The second-order valence-corrected chi connectivity index (χ2v) is 11.5. The van der Waals surface area contributed by atoms with Crippen LogP contribution in [0.5, 0.6) is 5.75 Å². The average Bonchev–Trinajstić information content (AvgIpc) is 2.95. The van der Waals surface area contributed by atoms with Gasteiger partial charge in [0.2, 0.25) is 11.8 Å². The first-order valence-corrected chi connectivity index (χ1v) is 15.5. The summed E-state index contributed by atoms with van der Waals surface area (Å²) in [5.74, 6) is -1.15. The van der Waals surface area contributed by atoms with Crippen LogP contribution in [0.1, 0.15) is 26.3 Å². The highest BCUT2D eigenvalue weighted by atomic mass is 32.2. The standard InChI is InChI=1S/C29H34FN3O5S2/c1-5-31-29(35)21(3)32(19-22-11-13-23(30)14-12-22)28(34)20-33(26-9-7-8-10-27(26)38-6-2)40(36,37)25-17-15-24(39-4)16-18-25/h7-18,21H,5-6,19-20H2,1-4H3,(H,31,35)/t21-/m1/s1. The van der Waals surface area contributed by atoms with Crippen molar-refractivity contribution >= 4 is 39.3 Å². The predicted molar refractivity (Wildman–Crippen MR) is 155 cm³/mol. The Morgan fingerprint density at radius 2 is 1.65 bits per heavy atom. The quantitative estimate of drug-likeness (QED) is 0.292. The van der Waals surface area contributed by atoms with E-state index in [9.17, 15) is 22.4 Å². The summed E-state index contributed by atoms with van der Waals surface area (Å²) in [5, 5.41) is 2.71. The van der Waals surface area contributed by atoms with E-state index in [1.54, 1.807) is 57.2 Å². The van der Waals surface area contributed by atoms with Gasteiger partial charge in [-0.3, -0.25) is 13.9 Å². The first-order chi connectivity index (χ1) is 19.1. The summed E-state index contributed by atoms with van der Waals surface area (Å²) in [6.45, 7) is 5.13. The van der Waals surface area contributed by atoms with Gasteiger partial charge in [-0.1, -0.05) is 24.3 Å². The topological polar surface area (TPSA) is 96.0 Å². The lowest BCUT2D eigenvalue weighted by Crippen LogP contribution is -2.51. The molecule has 0 saturated heterocycles. The van der Waals surface area contributed by atoms with E-state index in [1.165, 1.54) is 53.1 Å². The molecule has 40 heavy (non-hydrogen) atoms. The van der Waals surface area contributed by atoms with Crippen LogP contribution < -0.4 is 14.4 Å². The Bertz CT molecular complexity index is 1400. The SMILES string of the molecule is CCNC(=O)[C@@H](C)N(Cc1ccc(F)cc1)C(=O)CN(c1ccccc1OCC)S(=O)(=O)c1ccc(SC)cc1. The van der Waals surface area contributed by atoms with Gasteiger partial charge in [-0.25, -0.2) is 12.8 Å². The fraction of sp³-hybridized carbons (Fsp3) is 0.310. The number of amides is 2. The molecule has 3 aromatic carbocycles. The number of carbonyl (C=O) groups excluding carboxylic acids is 2. The molecule has 3 aromatic rings. The minimum Gasteiger partial charge on any atom is -0.492 e. The lowest BCUT2D eigenvalue weighted by Gasteiger charge is -2.32. The number of thioether (sulfide) groups is 1. The number of ether oxygens (including phenoxy) is 1. The number of nitrogens with one attached hydrogen (secondary N) is 1. The lowest BCUT2D eigenvalue weighted by atomic mass is 10.1. The minimum atomic E-state index is -4.24. The van der Waals surface area contributed by atoms with Crippen molar-refractivity contribution in [2.75, 3.05) is 30.3 Å². The van der Waals surface area contributed by atoms with Crippen molar-refractivity contribution < 1.29 is 27.1 Å². The van der Waals surface area contributed by atoms with Gasteiger partial charge in [0.15, 0.2) is 0 Å². The second kappa shape index (κ2) is 14.2. The van der Waals surface area contributed by atoms with E-state index in [0.717, 1.165) is 9.20 Å². The number of nitrogens with zero attached hydrogens (tertiary/aromatic N) is 2. The smallest absolute Gasteiger partial charge is 0.264 e. The van der Waals surface area contributed by atoms with E-state index < -0.39 is 40.2 Å². The predicted octanol–water partition coefficient (Wildman–Crippen LogP) is 4.70. The highest BCUT2D eigenvalue weighted by Gasteiger charge is 2.33. The zero-order valence-electron chi connectivity index (χ0n) is 23.0. The van der Waals surface area contributed by atoms with Crippen LogP contribution in [0.4, 0.5) is 10.1 Å². The Morgan fingerprint density at radius 1 is 1.00 bits per heavy atom. The van der Waals surface area contributed by atoms with Crippen LogP contribution in [0.15, 0.2) is 82.6 Å². The molecule has 0 radical (unpaired) electrons. The van der Waals surface area contributed by atoms with E-state index in [1.807, 2.05) is 6.26 Å². The summed E-state index contributed by atoms with van der Waals surface area (Å²) in [6.07, 6.45) is 1.89. The normalized spacial score (nSPS) is 11.9. The number of rotatable bonds is 13. The second-order valence-electron chi connectivity index (χ2n) is 8.81. The molecule has 0 heterocycles. The average molecular weight is 588 g/mol. The molecule has 214 valence electrons. The van der Waals surface area contributed by atoms with Crippen LogP contribution >= 0.6 is 11.8 Å². The first-order valence-electron chi connectivity index (χ1n) is 12.8. The first kappa shape index (κ1) is 31.0. The molecule has 0 saturated carbocycles. The summed E-state index contributed by atoms with van der Waals surface area (Å²) < 4.78 is 48.3. The Morgan fingerprint density at radius 3 is 2.25 bits per heavy atom. The van der Waals surface area contributed by atoms with E-state index in [4.69, 9.17) is 4.74 Å². The molecule has 3 rings (SSSR count). The maximum absolute atomic E-state index is 14.0. The van der Waals surface area contributed by atoms with Crippen LogP contribution in [-0.2, 0) is 26.2 Å². The fourth-order valence-electron chi connectivity index (χ4n) is 4.02. The summed E-state index contributed by atoms with van der Waals surface area (Å²) in [7, 11) is -4.24. The van der Waals surface area contributed by atoms with Crippen LogP contribution in [0, 0.1) is 5.82 Å². The number of hydrogen-bond donors (Lipinski definition) is 1. The van der Waals surface area contributed by atoms with Crippen LogP contribution in [0.2, 0.25) is 0 Å². The van der Waals surface area contributed by atoms with Gasteiger partial charge in [0.05, 0.1) is 17.2 Å². The molecule has 0 fully saturated rings. The van der Waals surface area contributed by atoms with Gasteiger partial charge in [0.25, 0.3) is 10.0 Å². The number of carbonyl (C=O) groups is 2. The highest BCUT2D eigenvalue weighted by Crippen LogP contribution is 2.33. The van der Waals surface area contributed by atoms with Crippen molar-refractivity contribution in [3.8, 4) is 5.75 Å². The molecule has 0 aliphatic heterocycles.